The molecule has 0 aromatic carbocycles. The molecule has 0 spiro atoms. The van der Waals surface area contributed by atoms with E-state index >= 15 is 0 Å². The van der Waals surface area contributed by atoms with E-state index in [9.17, 15) is 0 Å². The fraction of sp³-hybridized carbons (Fsp3) is 1.00. The van der Waals surface area contributed by atoms with Crippen LogP contribution < -0.4 is 0 Å². The van der Waals surface area contributed by atoms with E-state index < -0.39 is 0 Å². The SMILES string of the molecule is C1C2CC3CC1CC(C2)C3.P.[B]. The fourth-order valence-electron chi connectivity index (χ4n) is 3.98. The van der Waals surface area contributed by atoms with Gasteiger partial charge < -0.3 is 0 Å². The van der Waals surface area contributed by atoms with Crippen molar-refractivity contribution in [3.63, 3.8) is 0 Å². The Labute approximate surface area is 81.1 Å². The summed E-state index contributed by atoms with van der Waals surface area (Å²) in [6.45, 7) is 0. The van der Waals surface area contributed by atoms with Crippen molar-refractivity contribution in [1.29, 1.82) is 0 Å². The second-order valence-corrected chi connectivity index (χ2v) is 4.88. The van der Waals surface area contributed by atoms with E-state index in [1.807, 2.05) is 0 Å². The van der Waals surface area contributed by atoms with E-state index in [0.29, 0.717) is 0 Å². The summed E-state index contributed by atoms with van der Waals surface area (Å²) in [5.74, 6) is 4.71. The zero-order chi connectivity index (χ0) is 6.55. The number of hydrogen-bond donors (Lipinski definition) is 0. The molecule has 0 heterocycles. The van der Waals surface area contributed by atoms with Gasteiger partial charge in [0, 0.05) is 8.41 Å². The van der Waals surface area contributed by atoms with Gasteiger partial charge in [-0.1, -0.05) is 0 Å². The molecule has 0 aliphatic heterocycles. The lowest BCUT2D eigenvalue weighted by molar-refractivity contribution is 0.0198. The van der Waals surface area contributed by atoms with Crippen molar-refractivity contribution in [2.75, 3.05) is 0 Å². The standard InChI is InChI=1S/C10H16.B.H3P/c1-7-2-9-4-8(1)5-10(3-7)6-9;;/h7-10H,1-6H2;;1H3. The second kappa shape index (κ2) is 3.70. The van der Waals surface area contributed by atoms with Gasteiger partial charge in [-0.25, -0.2) is 0 Å². The van der Waals surface area contributed by atoms with Gasteiger partial charge in [0.05, 0.1) is 0 Å². The molecule has 0 aromatic heterocycles. The lowest BCUT2D eigenvalue weighted by Crippen LogP contribution is -2.38. The third-order valence-electron chi connectivity index (χ3n) is 4.00. The van der Waals surface area contributed by atoms with Gasteiger partial charge >= 0.3 is 0 Å². The normalized spacial score (nSPS) is 48.0. The molecule has 4 fully saturated rings. The number of rotatable bonds is 0. The number of hydrogen-bond acceptors (Lipinski definition) is 0. The van der Waals surface area contributed by atoms with Crippen LogP contribution in [-0.4, -0.2) is 8.41 Å². The van der Waals surface area contributed by atoms with Crippen molar-refractivity contribution >= 4 is 18.3 Å². The monoisotopic (exact) mass is 181 g/mol. The van der Waals surface area contributed by atoms with Gasteiger partial charge in [0.25, 0.3) is 0 Å². The van der Waals surface area contributed by atoms with Crippen LogP contribution in [0.3, 0.4) is 0 Å². The van der Waals surface area contributed by atoms with Crippen molar-refractivity contribution < 1.29 is 0 Å². The maximum Gasteiger partial charge on any atom is 0 e. The smallest absolute Gasteiger partial charge is 0 e. The molecule has 0 N–H and O–H groups in total. The average molecular weight is 181 g/mol. The van der Waals surface area contributed by atoms with Crippen molar-refractivity contribution in [2.45, 2.75) is 38.5 Å². The minimum atomic E-state index is 0. The minimum absolute atomic E-state index is 0. The first kappa shape index (κ1) is 10.6. The Balaban J connectivity index is 0.000000360. The first-order valence-electron chi connectivity index (χ1n) is 4.90. The Morgan fingerprint density at radius 2 is 0.667 bits per heavy atom. The second-order valence-electron chi connectivity index (χ2n) is 4.88. The maximum absolute atomic E-state index is 1.60. The molecular formula is C10H19BP. The lowest BCUT2D eigenvalue weighted by Gasteiger charge is -2.49. The molecular weight excluding hydrogens is 162 g/mol. The summed E-state index contributed by atoms with van der Waals surface area (Å²) >= 11 is 0. The Hall–Kier alpha value is 0.495. The Kier molecular flexibility index (Phi) is 3.26. The molecule has 4 aliphatic rings. The molecule has 2 heteroatoms. The highest BCUT2D eigenvalue weighted by atomic mass is 31.0. The highest BCUT2D eigenvalue weighted by molar-refractivity contribution is 6.92. The molecule has 4 rings (SSSR count). The van der Waals surface area contributed by atoms with E-state index in [2.05, 4.69) is 0 Å². The third kappa shape index (κ3) is 1.58. The van der Waals surface area contributed by atoms with Gasteiger partial charge in [-0.05, 0) is 62.2 Å². The zero-order valence-corrected chi connectivity index (χ0v) is 9.25. The Bertz CT molecular complexity index is 101. The molecule has 4 aliphatic carbocycles. The van der Waals surface area contributed by atoms with Gasteiger partial charge in [-0.15, -0.1) is 0 Å². The van der Waals surface area contributed by atoms with Crippen LogP contribution in [0.1, 0.15) is 38.5 Å². The maximum atomic E-state index is 1.60. The molecule has 3 radical (unpaired) electrons. The molecule has 0 nitrogen and oxygen atoms in total. The van der Waals surface area contributed by atoms with E-state index in [-0.39, 0.29) is 18.3 Å². The molecule has 4 saturated carbocycles. The zero-order valence-electron chi connectivity index (χ0n) is 7.84. The highest BCUT2D eigenvalue weighted by Gasteiger charge is 2.41. The van der Waals surface area contributed by atoms with Gasteiger partial charge in [0.15, 0.2) is 0 Å². The summed E-state index contributed by atoms with van der Waals surface area (Å²) in [6, 6.07) is 0. The minimum Gasteiger partial charge on any atom is -0.153 e. The van der Waals surface area contributed by atoms with Crippen LogP contribution in [0.25, 0.3) is 0 Å². The van der Waals surface area contributed by atoms with Crippen molar-refractivity contribution in [3.8, 4) is 0 Å². The predicted molar refractivity (Wildman–Crippen MR) is 58.5 cm³/mol. The molecule has 0 amide bonds. The lowest BCUT2D eigenvalue weighted by atomic mass is 9.56. The van der Waals surface area contributed by atoms with Crippen LogP contribution in [0.15, 0.2) is 0 Å². The van der Waals surface area contributed by atoms with E-state index in [1.165, 1.54) is 23.7 Å². The van der Waals surface area contributed by atoms with E-state index in [1.54, 1.807) is 38.5 Å². The van der Waals surface area contributed by atoms with Crippen LogP contribution in [0.5, 0.6) is 0 Å². The van der Waals surface area contributed by atoms with Crippen LogP contribution in [0.4, 0.5) is 0 Å². The summed E-state index contributed by atoms with van der Waals surface area (Å²) in [5.41, 5.74) is 0. The largest absolute Gasteiger partial charge is 0.153 e. The molecule has 12 heavy (non-hydrogen) atoms. The van der Waals surface area contributed by atoms with Gasteiger partial charge in [0.2, 0.25) is 0 Å². The average Bonchev–Trinajstić information content (AvgIpc) is 1.82. The third-order valence-corrected chi connectivity index (χ3v) is 4.00. The van der Waals surface area contributed by atoms with Crippen LogP contribution in [0, 0.1) is 23.7 Å². The molecule has 67 valence electrons. The summed E-state index contributed by atoms with van der Waals surface area (Å²) < 4.78 is 0. The van der Waals surface area contributed by atoms with Crippen LogP contribution >= 0.6 is 9.90 Å². The molecule has 1 atom stereocenters. The summed E-state index contributed by atoms with van der Waals surface area (Å²) in [5, 5.41) is 0. The molecule has 0 aromatic rings. The van der Waals surface area contributed by atoms with Gasteiger partial charge in [-0.3, -0.25) is 0 Å². The molecule has 4 bridgehead atoms. The van der Waals surface area contributed by atoms with E-state index in [0.717, 1.165) is 0 Å². The van der Waals surface area contributed by atoms with Crippen LogP contribution in [-0.2, 0) is 0 Å². The Morgan fingerprint density at radius 1 is 0.500 bits per heavy atom. The first-order valence-corrected chi connectivity index (χ1v) is 4.90. The topological polar surface area (TPSA) is 0 Å². The highest BCUT2D eigenvalue weighted by Crippen LogP contribution is 2.53. The Morgan fingerprint density at radius 3 is 0.833 bits per heavy atom. The summed E-state index contributed by atoms with van der Waals surface area (Å²) in [7, 11) is 0. The van der Waals surface area contributed by atoms with E-state index in [4.69, 9.17) is 0 Å². The summed E-state index contributed by atoms with van der Waals surface area (Å²) in [4.78, 5) is 0. The summed E-state index contributed by atoms with van der Waals surface area (Å²) in [6.07, 6.45) is 9.62. The first-order chi connectivity index (χ1) is 4.90. The fourth-order valence-corrected chi connectivity index (χ4v) is 3.98. The molecule has 1 unspecified atom stereocenters. The molecule has 0 saturated heterocycles. The van der Waals surface area contributed by atoms with Crippen LogP contribution in [0.2, 0.25) is 0 Å². The van der Waals surface area contributed by atoms with Crippen molar-refractivity contribution in [1.82, 2.24) is 0 Å². The predicted octanol–water partition coefficient (Wildman–Crippen LogP) is 2.51. The van der Waals surface area contributed by atoms with Gasteiger partial charge in [-0.2, -0.15) is 9.90 Å². The van der Waals surface area contributed by atoms with Crippen molar-refractivity contribution in [3.05, 3.63) is 0 Å². The van der Waals surface area contributed by atoms with Gasteiger partial charge in [0.1, 0.15) is 0 Å². The van der Waals surface area contributed by atoms with Crippen molar-refractivity contribution in [2.24, 2.45) is 23.7 Å². The quantitative estimate of drug-likeness (QED) is 0.397.